The summed E-state index contributed by atoms with van der Waals surface area (Å²) in [5, 5.41) is 11.4. The first-order valence-electron chi connectivity index (χ1n) is 10.0. The fraction of sp³-hybridized carbons (Fsp3) is 0.818. The van der Waals surface area contributed by atoms with Crippen molar-refractivity contribution in [3.63, 3.8) is 0 Å². The topological polar surface area (TPSA) is 63.6 Å². The zero-order valence-corrected chi connectivity index (χ0v) is 16.9. The highest BCUT2D eigenvalue weighted by molar-refractivity contribution is 5.85. The molecule has 0 saturated heterocycles. The summed E-state index contributed by atoms with van der Waals surface area (Å²) < 4.78 is 5.85. The Hall–Kier alpha value is -1.16. The SMILES string of the molecule is C=C[C@]1(C)C[C@@H](O)[C@]2(C)C(C)CC[C@]3(CCC(=O)[C@H]32)[C@@H](C)[C@@H]1OC(C)=O. The predicted molar refractivity (Wildman–Crippen MR) is 100 cm³/mol. The summed E-state index contributed by atoms with van der Waals surface area (Å²) >= 11 is 0. The second kappa shape index (κ2) is 6.19. The van der Waals surface area contributed by atoms with Crippen LogP contribution in [0.2, 0.25) is 0 Å². The molecule has 3 aliphatic rings. The third-order valence-corrected chi connectivity index (χ3v) is 8.58. The number of carbonyl (C=O) groups is 2. The van der Waals surface area contributed by atoms with Gasteiger partial charge < -0.3 is 9.84 Å². The van der Waals surface area contributed by atoms with Crippen molar-refractivity contribution in [2.24, 2.45) is 34.0 Å². The number of ketones is 1. The summed E-state index contributed by atoms with van der Waals surface area (Å²) in [6, 6.07) is 0. The molecule has 0 heterocycles. The van der Waals surface area contributed by atoms with Gasteiger partial charge in [0.1, 0.15) is 11.9 Å². The van der Waals surface area contributed by atoms with Crippen LogP contribution in [0.5, 0.6) is 0 Å². The van der Waals surface area contributed by atoms with Crippen LogP contribution in [0.25, 0.3) is 0 Å². The molecule has 0 aromatic carbocycles. The molecule has 26 heavy (non-hydrogen) atoms. The second-order valence-corrected chi connectivity index (χ2v) is 9.69. The Balaban J connectivity index is 2.21. The highest BCUT2D eigenvalue weighted by Crippen LogP contribution is 2.67. The van der Waals surface area contributed by atoms with E-state index >= 15 is 0 Å². The van der Waals surface area contributed by atoms with Gasteiger partial charge in [-0.15, -0.1) is 6.58 Å². The van der Waals surface area contributed by atoms with Crippen LogP contribution in [0.1, 0.15) is 66.7 Å². The summed E-state index contributed by atoms with van der Waals surface area (Å²) in [5.74, 6) is 0.147. The Morgan fingerprint density at radius 1 is 1.31 bits per heavy atom. The number of esters is 1. The van der Waals surface area contributed by atoms with E-state index in [1.165, 1.54) is 6.92 Å². The van der Waals surface area contributed by atoms with Crippen molar-refractivity contribution < 1.29 is 19.4 Å². The molecule has 1 N–H and O–H groups in total. The Morgan fingerprint density at radius 3 is 2.54 bits per heavy atom. The van der Waals surface area contributed by atoms with Crippen LogP contribution in [0.3, 0.4) is 0 Å². The zero-order valence-electron chi connectivity index (χ0n) is 16.9. The Labute approximate surface area is 157 Å². The van der Waals surface area contributed by atoms with E-state index < -0.39 is 16.9 Å². The average Bonchev–Trinajstić information content (AvgIpc) is 2.93. The molecule has 3 saturated carbocycles. The first-order chi connectivity index (χ1) is 12.0. The van der Waals surface area contributed by atoms with Crippen LogP contribution in [0.15, 0.2) is 12.7 Å². The first kappa shape index (κ1) is 19.6. The number of hydrogen-bond donors (Lipinski definition) is 1. The van der Waals surface area contributed by atoms with Gasteiger partial charge in [0.05, 0.1) is 6.10 Å². The molecular weight excluding hydrogens is 328 g/mol. The number of aliphatic hydroxyl groups is 1. The van der Waals surface area contributed by atoms with E-state index in [9.17, 15) is 14.7 Å². The molecule has 3 rings (SSSR count). The zero-order chi connectivity index (χ0) is 19.5. The lowest BCUT2D eigenvalue weighted by Gasteiger charge is -2.61. The Morgan fingerprint density at radius 2 is 1.96 bits per heavy atom. The molecule has 4 nitrogen and oxygen atoms in total. The van der Waals surface area contributed by atoms with Crippen molar-refractivity contribution in [1.29, 1.82) is 0 Å². The molecule has 3 aliphatic carbocycles. The van der Waals surface area contributed by atoms with Gasteiger partial charge in [0.15, 0.2) is 0 Å². The molecule has 0 spiro atoms. The van der Waals surface area contributed by atoms with Crippen molar-refractivity contribution >= 4 is 11.8 Å². The maximum Gasteiger partial charge on any atom is 0.302 e. The van der Waals surface area contributed by atoms with Gasteiger partial charge in [-0.3, -0.25) is 9.59 Å². The van der Waals surface area contributed by atoms with Gasteiger partial charge >= 0.3 is 5.97 Å². The second-order valence-electron chi connectivity index (χ2n) is 9.69. The molecule has 3 fully saturated rings. The largest absolute Gasteiger partial charge is 0.461 e. The summed E-state index contributed by atoms with van der Waals surface area (Å²) in [6.45, 7) is 13.9. The minimum absolute atomic E-state index is 0.0465. The lowest BCUT2D eigenvalue weighted by Crippen LogP contribution is -2.62. The fourth-order valence-electron chi connectivity index (χ4n) is 6.76. The minimum Gasteiger partial charge on any atom is -0.461 e. The number of Topliss-reactive ketones (excluding diaryl/α,β-unsaturated/α-hetero) is 1. The maximum atomic E-state index is 13.0. The molecule has 146 valence electrons. The van der Waals surface area contributed by atoms with Crippen LogP contribution in [-0.2, 0) is 14.3 Å². The average molecular weight is 363 g/mol. The summed E-state index contributed by atoms with van der Waals surface area (Å²) in [7, 11) is 0. The van der Waals surface area contributed by atoms with Crippen LogP contribution >= 0.6 is 0 Å². The van der Waals surface area contributed by atoms with Gasteiger partial charge in [-0.25, -0.2) is 0 Å². The summed E-state index contributed by atoms with van der Waals surface area (Å²) in [4.78, 5) is 24.9. The van der Waals surface area contributed by atoms with Crippen molar-refractivity contribution in [3.05, 3.63) is 12.7 Å². The van der Waals surface area contributed by atoms with E-state index in [2.05, 4.69) is 27.4 Å². The minimum atomic E-state index is -0.627. The molecule has 8 atom stereocenters. The van der Waals surface area contributed by atoms with Crippen LogP contribution in [0, 0.1) is 34.0 Å². The molecule has 0 aliphatic heterocycles. The number of carbonyl (C=O) groups excluding carboxylic acids is 2. The van der Waals surface area contributed by atoms with Gasteiger partial charge in [0.25, 0.3) is 0 Å². The maximum absolute atomic E-state index is 13.0. The monoisotopic (exact) mass is 362 g/mol. The molecule has 0 aromatic heterocycles. The van der Waals surface area contributed by atoms with E-state index in [0.29, 0.717) is 12.8 Å². The van der Waals surface area contributed by atoms with E-state index in [-0.39, 0.29) is 41.0 Å². The number of hydrogen-bond acceptors (Lipinski definition) is 4. The van der Waals surface area contributed by atoms with E-state index in [4.69, 9.17) is 4.74 Å². The molecule has 0 radical (unpaired) electrons. The predicted octanol–water partition coefficient (Wildman–Crippen LogP) is 3.91. The van der Waals surface area contributed by atoms with Crippen molar-refractivity contribution in [2.45, 2.75) is 78.9 Å². The smallest absolute Gasteiger partial charge is 0.302 e. The van der Waals surface area contributed by atoms with Crippen LogP contribution in [0.4, 0.5) is 0 Å². The van der Waals surface area contributed by atoms with E-state index in [1.54, 1.807) is 0 Å². The quantitative estimate of drug-likeness (QED) is 0.597. The molecule has 1 unspecified atom stereocenters. The van der Waals surface area contributed by atoms with Crippen molar-refractivity contribution in [2.75, 3.05) is 0 Å². The normalized spacial score (nSPS) is 51.2. The lowest BCUT2D eigenvalue weighted by molar-refractivity contribution is -0.202. The molecular formula is C22H34O4. The first-order valence-corrected chi connectivity index (χ1v) is 10.0. The van der Waals surface area contributed by atoms with Crippen molar-refractivity contribution in [3.8, 4) is 0 Å². The lowest BCUT2D eigenvalue weighted by atomic mass is 9.44. The molecule has 4 heteroatoms. The Kier molecular flexibility index (Phi) is 4.66. The Bertz CT molecular complexity index is 628. The molecule has 2 bridgehead atoms. The highest BCUT2D eigenvalue weighted by Gasteiger charge is 2.67. The van der Waals surface area contributed by atoms with Gasteiger partial charge in [-0.2, -0.15) is 0 Å². The van der Waals surface area contributed by atoms with E-state index in [1.807, 2.05) is 13.0 Å². The van der Waals surface area contributed by atoms with Crippen LogP contribution < -0.4 is 0 Å². The third-order valence-electron chi connectivity index (χ3n) is 8.58. The van der Waals surface area contributed by atoms with E-state index in [0.717, 1.165) is 19.3 Å². The number of aliphatic hydroxyl groups excluding tert-OH is 1. The van der Waals surface area contributed by atoms with Gasteiger partial charge in [0, 0.05) is 36.0 Å². The number of ether oxygens (including phenoxy) is 1. The number of rotatable bonds is 2. The molecule has 0 amide bonds. The van der Waals surface area contributed by atoms with Crippen molar-refractivity contribution in [1.82, 2.24) is 0 Å². The summed E-state index contributed by atoms with van der Waals surface area (Å²) in [5.41, 5.74) is -1.16. The summed E-state index contributed by atoms with van der Waals surface area (Å²) in [6.07, 6.45) is 4.66. The van der Waals surface area contributed by atoms with Gasteiger partial charge in [-0.1, -0.05) is 33.8 Å². The van der Waals surface area contributed by atoms with Gasteiger partial charge in [0.2, 0.25) is 0 Å². The van der Waals surface area contributed by atoms with Crippen LogP contribution in [-0.4, -0.2) is 29.1 Å². The highest BCUT2D eigenvalue weighted by atomic mass is 16.5. The standard InChI is InChI=1S/C22H34O4/c1-7-20(5)12-17(25)21(6)13(2)8-10-22(11-9-16(24)18(21)22)14(3)19(20)26-15(4)23/h7,13-14,17-19,25H,1,8-12H2,2-6H3/t13?,14-,17+,18-,19-,20+,21-,22-/m0/s1. The molecule has 0 aromatic rings. The fourth-order valence-corrected chi connectivity index (χ4v) is 6.76. The third kappa shape index (κ3) is 2.44. The van der Waals surface area contributed by atoms with Gasteiger partial charge in [-0.05, 0) is 37.0 Å².